The summed E-state index contributed by atoms with van der Waals surface area (Å²) in [4.78, 5) is 6.75. The molecule has 0 radical (unpaired) electrons. The monoisotopic (exact) mass is 334 g/mol. The molecule has 1 aliphatic rings. The summed E-state index contributed by atoms with van der Waals surface area (Å²) in [5.41, 5.74) is 8.29. The number of nitrogens with zero attached hydrogens (tertiary/aromatic N) is 2. The highest BCUT2D eigenvalue weighted by Crippen LogP contribution is 2.15. The van der Waals surface area contributed by atoms with Crippen molar-refractivity contribution in [3.63, 3.8) is 0 Å². The maximum Gasteiger partial charge on any atom is 0.188 e. The second-order valence-electron chi connectivity index (χ2n) is 6.17. The van der Waals surface area contributed by atoms with Crippen LogP contribution in [0.3, 0.4) is 0 Å². The summed E-state index contributed by atoms with van der Waals surface area (Å²) >= 11 is 0. The van der Waals surface area contributed by atoms with E-state index < -0.39 is 0 Å². The van der Waals surface area contributed by atoms with Crippen molar-refractivity contribution >= 4 is 5.96 Å². The molecule has 0 aliphatic carbocycles. The fourth-order valence-corrected chi connectivity index (χ4v) is 2.74. The number of ether oxygens (including phenoxy) is 2. The fraction of sp³-hybridized carbons (Fsp3) is 0.611. The Labute approximate surface area is 145 Å². The number of hydrogen-bond donors (Lipinski definition) is 2. The molecule has 1 saturated heterocycles. The Morgan fingerprint density at radius 2 is 1.96 bits per heavy atom. The van der Waals surface area contributed by atoms with E-state index in [0.717, 1.165) is 51.6 Å². The molecule has 1 aromatic carbocycles. The number of guanidine groups is 1. The lowest BCUT2D eigenvalue weighted by Crippen LogP contribution is -2.37. The molecule has 134 valence electrons. The topological polar surface area (TPSA) is 72.1 Å². The van der Waals surface area contributed by atoms with Crippen LogP contribution in [0.1, 0.15) is 17.5 Å². The Morgan fingerprint density at radius 3 is 2.67 bits per heavy atom. The van der Waals surface area contributed by atoms with E-state index in [9.17, 15) is 0 Å². The number of aryl methyl sites for hydroxylation is 2. The third-order valence-corrected chi connectivity index (χ3v) is 3.89. The van der Waals surface area contributed by atoms with E-state index in [0.29, 0.717) is 19.1 Å². The highest BCUT2D eigenvalue weighted by molar-refractivity contribution is 5.77. The zero-order chi connectivity index (χ0) is 17.2. The molecule has 1 fully saturated rings. The van der Waals surface area contributed by atoms with Crippen LogP contribution in [0.15, 0.2) is 23.2 Å². The lowest BCUT2D eigenvalue weighted by Gasteiger charge is -2.26. The van der Waals surface area contributed by atoms with E-state index in [1.165, 1.54) is 11.1 Å². The number of aliphatic imine (C=N–C) groups is 1. The van der Waals surface area contributed by atoms with Gasteiger partial charge < -0.3 is 20.5 Å². The van der Waals surface area contributed by atoms with Gasteiger partial charge in [-0.15, -0.1) is 0 Å². The summed E-state index contributed by atoms with van der Waals surface area (Å²) in [5, 5.41) is 3.09. The van der Waals surface area contributed by atoms with Gasteiger partial charge in [0.1, 0.15) is 12.4 Å². The molecule has 0 bridgehead atoms. The van der Waals surface area contributed by atoms with Gasteiger partial charge in [-0.05, 0) is 43.5 Å². The number of morpholine rings is 1. The summed E-state index contributed by atoms with van der Waals surface area (Å²) in [7, 11) is 0. The number of hydrogen-bond acceptors (Lipinski definition) is 4. The van der Waals surface area contributed by atoms with Gasteiger partial charge in [-0.25, -0.2) is 0 Å². The van der Waals surface area contributed by atoms with E-state index in [-0.39, 0.29) is 0 Å². The maximum atomic E-state index is 5.87. The average Bonchev–Trinajstić information content (AvgIpc) is 2.56. The Balaban J connectivity index is 1.56. The highest BCUT2D eigenvalue weighted by atomic mass is 16.5. The molecule has 1 heterocycles. The average molecular weight is 334 g/mol. The lowest BCUT2D eigenvalue weighted by atomic mass is 10.1. The SMILES string of the molecule is Cc1cc(C)cc(OCCNC(N)=NCCCN2CCOCC2)c1. The van der Waals surface area contributed by atoms with Crippen LogP contribution in [-0.4, -0.2) is 63.4 Å². The van der Waals surface area contributed by atoms with Crippen LogP contribution in [-0.2, 0) is 4.74 Å². The van der Waals surface area contributed by atoms with Gasteiger partial charge in [-0.3, -0.25) is 9.89 Å². The lowest BCUT2D eigenvalue weighted by molar-refractivity contribution is 0.0377. The molecule has 0 aromatic heterocycles. The second-order valence-corrected chi connectivity index (χ2v) is 6.17. The normalized spacial score (nSPS) is 16.2. The summed E-state index contributed by atoms with van der Waals surface area (Å²) in [5.74, 6) is 1.39. The van der Waals surface area contributed by atoms with Gasteiger partial charge in [0.25, 0.3) is 0 Å². The quantitative estimate of drug-likeness (QED) is 0.426. The molecule has 1 aromatic rings. The van der Waals surface area contributed by atoms with Crippen LogP contribution in [0.5, 0.6) is 5.75 Å². The van der Waals surface area contributed by atoms with Crippen LogP contribution in [0, 0.1) is 13.8 Å². The zero-order valence-corrected chi connectivity index (χ0v) is 14.9. The molecule has 6 nitrogen and oxygen atoms in total. The first-order valence-electron chi connectivity index (χ1n) is 8.68. The van der Waals surface area contributed by atoms with Crippen molar-refractivity contribution in [2.75, 3.05) is 52.5 Å². The van der Waals surface area contributed by atoms with Gasteiger partial charge in [0.15, 0.2) is 5.96 Å². The van der Waals surface area contributed by atoms with Crippen molar-refractivity contribution in [2.45, 2.75) is 20.3 Å². The molecule has 2 rings (SSSR count). The van der Waals surface area contributed by atoms with Gasteiger partial charge in [-0.2, -0.15) is 0 Å². The molecule has 0 unspecified atom stereocenters. The van der Waals surface area contributed by atoms with Crippen molar-refractivity contribution in [3.8, 4) is 5.75 Å². The third kappa shape index (κ3) is 7.19. The van der Waals surface area contributed by atoms with E-state index >= 15 is 0 Å². The molecule has 0 spiro atoms. The van der Waals surface area contributed by atoms with Gasteiger partial charge in [0.2, 0.25) is 0 Å². The van der Waals surface area contributed by atoms with Crippen molar-refractivity contribution in [1.82, 2.24) is 10.2 Å². The standard InChI is InChI=1S/C18H30N4O2/c1-15-12-16(2)14-17(13-15)24-9-5-21-18(19)20-4-3-6-22-7-10-23-11-8-22/h12-14H,3-11H2,1-2H3,(H3,19,20,21). The second kappa shape index (κ2) is 10.2. The van der Waals surface area contributed by atoms with Crippen LogP contribution >= 0.6 is 0 Å². The minimum Gasteiger partial charge on any atom is -0.492 e. The van der Waals surface area contributed by atoms with Crippen LogP contribution in [0.4, 0.5) is 0 Å². The minimum atomic E-state index is 0.487. The Bertz CT molecular complexity index is 508. The smallest absolute Gasteiger partial charge is 0.188 e. The molecule has 0 amide bonds. The van der Waals surface area contributed by atoms with Crippen molar-refractivity contribution in [3.05, 3.63) is 29.3 Å². The van der Waals surface area contributed by atoms with Gasteiger partial charge >= 0.3 is 0 Å². The third-order valence-electron chi connectivity index (χ3n) is 3.89. The van der Waals surface area contributed by atoms with Crippen molar-refractivity contribution in [1.29, 1.82) is 0 Å². The van der Waals surface area contributed by atoms with Crippen LogP contribution in [0.2, 0.25) is 0 Å². The van der Waals surface area contributed by atoms with E-state index in [4.69, 9.17) is 15.2 Å². The summed E-state index contributed by atoms with van der Waals surface area (Å²) in [6, 6.07) is 6.21. The summed E-state index contributed by atoms with van der Waals surface area (Å²) in [6.45, 7) is 10.9. The first-order chi connectivity index (χ1) is 11.6. The van der Waals surface area contributed by atoms with Gasteiger partial charge in [-0.1, -0.05) is 6.07 Å². The van der Waals surface area contributed by atoms with Crippen LogP contribution < -0.4 is 15.8 Å². The first-order valence-corrected chi connectivity index (χ1v) is 8.68. The maximum absolute atomic E-state index is 5.87. The molecular weight excluding hydrogens is 304 g/mol. The van der Waals surface area contributed by atoms with Crippen molar-refractivity contribution in [2.24, 2.45) is 10.7 Å². The molecule has 24 heavy (non-hydrogen) atoms. The molecule has 0 atom stereocenters. The number of rotatable bonds is 8. The van der Waals surface area contributed by atoms with E-state index in [1.807, 2.05) is 12.1 Å². The first kappa shape index (κ1) is 18.5. The molecular formula is C18H30N4O2. The molecule has 0 saturated carbocycles. The zero-order valence-electron chi connectivity index (χ0n) is 14.9. The van der Waals surface area contributed by atoms with Crippen LogP contribution in [0.25, 0.3) is 0 Å². The molecule has 1 aliphatic heterocycles. The summed E-state index contributed by atoms with van der Waals surface area (Å²) in [6.07, 6.45) is 1.02. The highest BCUT2D eigenvalue weighted by Gasteiger charge is 2.08. The predicted octanol–water partition coefficient (Wildman–Crippen LogP) is 1.31. The Hall–Kier alpha value is -1.79. The van der Waals surface area contributed by atoms with Gasteiger partial charge in [0.05, 0.1) is 19.8 Å². The number of benzene rings is 1. The predicted molar refractivity (Wildman–Crippen MR) is 97.8 cm³/mol. The Kier molecular flexibility index (Phi) is 7.85. The number of nitrogens with two attached hydrogens (primary N) is 1. The van der Waals surface area contributed by atoms with E-state index in [1.54, 1.807) is 0 Å². The van der Waals surface area contributed by atoms with Crippen molar-refractivity contribution < 1.29 is 9.47 Å². The fourth-order valence-electron chi connectivity index (χ4n) is 2.74. The molecule has 3 N–H and O–H groups in total. The van der Waals surface area contributed by atoms with Gasteiger partial charge in [0, 0.05) is 26.2 Å². The Morgan fingerprint density at radius 1 is 1.25 bits per heavy atom. The minimum absolute atomic E-state index is 0.487. The van der Waals surface area contributed by atoms with E-state index in [2.05, 4.69) is 35.1 Å². The molecule has 6 heteroatoms. The summed E-state index contributed by atoms with van der Waals surface area (Å²) < 4.78 is 11.1. The largest absolute Gasteiger partial charge is 0.492 e. The number of nitrogens with one attached hydrogen (secondary N) is 1.